The third-order valence-corrected chi connectivity index (χ3v) is 27.1. The summed E-state index contributed by atoms with van der Waals surface area (Å²) in [6, 6.07) is 0. The molecule has 68 valence electrons. The average Bonchev–Trinajstić information content (AvgIpc) is 2.60. The minimum atomic E-state index is -0.149. The van der Waals surface area contributed by atoms with Gasteiger partial charge in [0, 0.05) is 0 Å². The van der Waals surface area contributed by atoms with Crippen LogP contribution in [0.25, 0.3) is 0 Å². The summed E-state index contributed by atoms with van der Waals surface area (Å²) in [5.74, 6) is 0. The van der Waals surface area contributed by atoms with E-state index in [9.17, 15) is 0 Å². The summed E-state index contributed by atoms with van der Waals surface area (Å²) in [4.78, 5) is 0. The summed E-state index contributed by atoms with van der Waals surface area (Å²) in [7, 11) is 0. The molecule has 0 aromatic rings. The second-order valence-corrected chi connectivity index (χ2v) is 19.8. The molecule has 0 nitrogen and oxygen atoms in total. The van der Waals surface area contributed by atoms with Crippen molar-refractivity contribution in [3.05, 3.63) is 18.2 Å². The van der Waals surface area contributed by atoms with Crippen molar-refractivity contribution in [2.24, 2.45) is 0 Å². The van der Waals surface area contributed by atoms with E-state index in [1.807, 2.05) is 6.04 Å². The predicted molar refractivity (Wildman–Crippen MR) is 56.4 cm³/mol. The van der Waals surface area contributed by atoms with Crippen LogP contribution in [0, 0.1) is 0 Å². The van der Waals surface area contributed by atoms with Gasteiger partial charge in [0.05, 0.1) is 0 Å². The van der Waals surface area contributed by atoms with E-state index < -0.39 is 0 Å². The largest absolute Gasteiger partial charge is 1.00 e. The zero-order chi connectivity index (χ0) is 7.52. The van der Waals surface area contributed by atoms with Crippen molar-refractivity contribution in [2.45, 2.75) is 0 Å². The fraction of sp³-hybridized carbons (Fsp3) is 0. The number of allylic oxidation sites excluding steroid dienone is 2. The SMILES string of the molecule is [CH]1=[Sb][PH][C]([Zr+2][C]2=C[CH]=[Sb][PH]2)=C1.[Cl-].[Cl-]. The molecule has 2 rings (SSSR count). The summed E-state index contributed by atoms with van der Waals surface area (Å²) < 4.78 is 8.87. The maximum atomic E-state index is 2.51. The first-order valence-corrected chi connectivity index (χ1v) is 18.2. The second kappa shape index (κ2) is 9.23. The molecule has 0 bridgehead atoms. The van der Waals surface area contributed by atoms with Crippen LogP contribution in [0.2, 0.25) is 0 Å². The Morgan fingerprint density at radius 1 is 0.923 bits per heavy atom. The Morgan fingerprint density at radius 2 is 1.38 bits per heavy atom. The monoisotopic (exact) mass is 542 g/mol. The van der Waals surface area contributed by atoms with Crippen LogP contribution in [-0.2, 0) is 23.2 Å². The van der Waals surface area contributed by atoms with Crippen molar-refractivity contribution >= 4 is 61.4 Å². The molecular formula is C6H6Cl2P2Sb2Zr. The average molecular weight is 546 g/mol. The van der Waals surface area contributed by atoms with Gasteiger partial charge in [-0.1, -0.05) is 0 Å². The number of halogens is 2. The van der Waals surface area contributed by atoms with Gasteiger partial charge >= 0.3 is 103 Å². The van der Waals surface area contributed by atoms with Crippen LogP contribution in [0.15, 0.2) is 18.2 Å². The van der Waals surface area contributed by atoms with Crippen molar-refractivity contribution in [1.29, 1.82) is 0 Å². The van der Waals surface area contributed by atoms with E-state index in [0.29, 0.717) is 0 Å². The van der Waals surface area contributed by atoms with E-state index in [1.54, 1.807) is 0 Å². The predicted octanol–water partition coefficient (Wildman–Crippen LogP) is -5.01. The van der Waals surface area contributed by atoms with Crippen LogP contribution in [0.1, 0.15) is 0 Å². The maximum Gasteiger partial charge on any atom is -1.00 e. The Morgan fingerprint density at radius 3 is 1.69 bits per heavy atom. The normalized spacial score (nSPS) is 20.6. The van der Waals surface area contributed by atoms with Gasteiger partial charge < -0.3 is 24.8 Å². The molecule has 2 atom stereocenters. The third-order valence-electron chi connectivity index (χ3n) is 1.27. The molecule has 0 saturated heterocycles. The molecule has 2 heterocycles. The zero-order valence-corrected chi connectivity index (χ0v) is 17.5. The van der Waals surface area contributed by atoms with Gasteiger partial charge in [0.25, 0.3) is 0 Å². The van der Waals surface area contributed by atoms with Gasteiger partial charge in [-0.25, -0.2) is 0 Å². The minimum Gasteiger partial charge on any atom is -1.00 e. The molecule has 0 aliphatic carbocycles. The van der Waals surface area contributed by atoms with Gasteiger partial charge in [-0.2, -0.15) is 0 Å². The molecule has 2 aliphatic heterocycles. The van der Waals surface area contributed by atoms with Crippen LogP contribution in [-0.4, -0.2) is 49.1 Å². The van der Waals surface area contributed by atoms with Gasteiger partial charge in [-0.05, 0) is 0 Å². The molecule has 0 radical (unpaired) electrons. The van der Waals surface area contributed by atoms with Crippen LogP contribution < -0.4 is 24.8 Å². The molecule has 0 amide bonds. The molecule has 0 spiro atoms. The van der Waals surface area contributed by atoms with E-state index in [-0.39, 0.29) is 89.2 Å². The molecule has 2 unspecified atom stereocenters. The summed E-state index contributed by atoms with van der Waals surface area (Å²) in [5, 5.41) is 0. The van der Waals surface area contributed by atoms with Gasteiger partial charge in [-0.15, -0.1) is 0 Å². The van der Waals surface area contributed by atoms with Crippen LogP contribution in [0.4, 0.5) is 0 Å². The maximum absolute atomic E-state index is 2.51. The van der Waals surface area contributed by atoms with Gasteiger partial charge in [0.15, 0.2) is 0 Å². The summed E-state index contributed by atoms with van der Waals surface area (Å²) in [5.41, 5.74) is 0. The van der Waals surface area contributed by atoms with Gasteiger partial charge in [0.2, 0.25) is 0 Å². The van der Waals surface area contributed by atoms with E-state index >= 15 is 0 Å². The second-order valence-electron chi connectivity index (χ2n) is 2.07. The van der Waals surface area contributed by atoms with E-state index in [4.69, 9.17) is 0 Å². The molecule has 0 fully saturated rings. The van der Waals surface area contributed by atoms with Crippen molar-refractivity contribution in [2.75, 3.05) is 0 Å². The molecule has 7 heteroatoms. The first-order valence-electron chi connectivity index (χ1n) is 3.21. The smallest absolute Gasteiger partial charge is 1.00 e. The third kappa shape index (κ3) is 5.88. The number of hydrogen-bond acceptors (Lipinski definition) is 0. The molecule has 13 heavy (non-hydrogen) atoms. The molecule has 0 aromatic heterocycles. The van der Waals surface area contributed by atoms with Crippen molar-refractivity contribution in [3.8, 4) is 0 Å². The first kappa shape index (κ1) is 16.2. The van der Waals surface area contributed by atoms with E-state index in [1.165, 1.54) is 12.3 Å². The fourth-order valence-electron chi connectivity index (χ4n) is 0.796. The Labute approximate surface area is 125 Å². The Hall–Kier alpha value is 3.18. The topological polar surface area (TPSA) is 0 Å². The molecule has 2 aliphatic rings. The molecule has 0 aromatic carbocycles. The molecule has 0 saturated carbocycles. The Kier molecular flexibility index (Phi) is 11.5. The van der Waals surface area contributed by atoms with E-state index in [0.717, 1.165) is 0 Å². The molecular weight excluding hydrogens is 540 g/mol. The van der Waals surface area contributed by atoms with Crippen molar-refractivity contribution < 1.29 is 48.0 Å². The summed E-state index contributed by atoms with van der Waals surface area (Å²) in [6.07, 6.45) is 7.61. The Bertz CT molecular complexity index is 260. The van der Waals surface area contributed by atoms with Crippen LogP contribution in [0.3, 0.4) is 0 Å². The summed E-state index contributed by atoms with van der Waals surface area (Å²) in [6.45, 7) is 0. The quantitative estimate of drug-likeness (QED) is 0.241. The van der Waals surface area contributed by atoms with Gasteiger partial charge in [-0.3, -0.25) is 0 Å². The standard InChI is InChI=1S/2C3H3P.2ClH.2Sb.Zr/c2*1-2-3-4;;;;;/h2*1-2,4H;2*1H;;;/q2*-1;;;2*+1;+2/p-2. The minimum absolute atomic E-state index is 0. The zero-order valence-electron chi connectivity index (χ0n) is 6.46. The number of hydrogen-bond donors (Lipinski definition) is 0. The summed E-state index contributed by atoms with van der Waals surface area (Å²) >= 11 is 0.257. The van der Waals surface area contributed by atoms with Crippen LogP contribution >= 0.6 is 12.3 Å². The Balaban J connectivity index is 0.000000720. The van der Waals surface area contributed by atoms with E-state index in [2.05, 4.69) is 20.1 Å². The van der Waals surface area contributed by atoms with Crippen molar-refractivity contribution in [3.63, 3.8) is 0 Å². The van der Waals surface area contributed by atoms with Crippen molar-refractivity contribution in [1.82, 2.24) is 0 Å². The number of rotatable bonds is 2. The molecule has 0 N–H and O–H groups in total. The van der Waals surface area contributed by atoms with Crippen LogP contribution in [0.5, 0.6) is 0 Å². The fourth-order valence-corrected chi connectivity index (χ4v) is 28.5. The first-order chi connectivity index (χ1) is 5.45. The van der Waals surface area contributed by atoms with Gasteiger partial charge in [0.1, 0.15) is 0 Å².